The van der Waals surface area contributed by atoms with Crippen molar-refractivity contribution >= 4 is 11.6 Å². The fourth-order valence-electron chi connectivity index (χ4n) is 5.01. The van der Waals surface area contributed by atoms with Crippen LogP contribution in [0.25, 0.3) is 0 Å². The third-order valence-electron chi connectivity index (χ3n) is 6.47. The van der Waals surface area contributed by atoms with E-state index in [2.05, 4.69) is 16.0 Å². The smallest absolute Gasteiger partial charge is 0.258 e. The molecule has 2 aromatic carbocycles. The lowest BCUT2D eigenvalue weighted by molar-refractivity contribution is -0.0489. The fraction of sp³-hybridized carbons (Fsp3) is 0.280. The highest BCUT2D eigenvalue weighted by atomic mass is 16.5. The van der Waals surface area contributed by atoms with Crippen LogP contribution in [0.2, 0.25) is 0 Å². The van der Waals surface area contributed by atoms with Crippen molar-refractivity contribution in [1.82, 2.24) is 9.88 Å². The average Bonchev–Trinajstić information content (AvgIpc) is 2.83. The first-order valence-corrected chi connectivity index (χ1v) is 10.5. The Balaban J connectivity index is 1.49. The molecule has 0 radical (unpaired) electrons. The number of likely N-dealkylation sites (tertiary alicyclic amines) is 1. The maximum atomic E-state index is 13.5. The van der Waals surface area contributed by atoms with Crippen molar-refractivity contribution in [1.29, 1.82) is 0 Å². The van der Waals surface area contributed by atoms with Gasteiger partial charge in [-0.1, -0.05) is 30.3 Å². The van der Waals surface area contributed by atoms with E-state index in [1.807, 2.05) is 59.6 Å². The SMILES string of the molecule is COc1cccc(C(=O)N2C[C@H]3[C@@H](c4ccccc42)[C@@H](CO)N3Cc2cccnc2)c1. The number of aliphatic hydroxyl groups is 1. The number of aromatic nitrogens is 1. The molecule has 1 aromatic heterocycles. The van der Waals surface area contributed by atoms with Crippen LogP contribution < -0.4 is 9.64 Å². The summed E-state index contributed by atoms with van der Waals surface area (Å²) in [6, 6.07) is 19.5. The lowest BCUT2D eigenvalue weighted by Gasteiger charge is -2.59. The maximum absolute atomic E-state index is 13.5. The number of hydrogen-bond acceptors (Lipinski definition) is 5. The summed E-state index contributed by atoms with van der Waals surface area (Å²) >= 11 is 0. The molecule has 3 atom stereocenters. The standard InChI is InChI=1S/C25H25N3O3/c1-31-19-8-4-7-18(12-19)25(30)28-15-22-24(20-9-2-3-10-21(20)28)23(16-29)27(22)14-17-6-5-11-26-13-17/h2-13,22-24,29H,14-16H2,1H3/t22-,23+,24+/m0/s1. The van der Waals surface area contributed by atoms with Crippen molar-refractivity contribution in [3.63, 3.8) is 0 Å². The normalized spacial score (nSPS) is 22.3. The van der Waals surface area contributed by atoms with Crippen molar-refractivity contribution in [3.8, 4) is 5.75 Å². The van der Waals surface area contributed by atoms with Gasteiger partial charge in [-0.2, -0.15) is 0 Å². The third-order valence-corrected chi connectivity index (χ3v) is 6.47. The molecule has 2 aliphatic rings. The number of anilines is 1. The van der Waals surface area contributed by atoms with Crippen LogP contribution in [0.5, 0.6) is 5.75 Å². The summed E-state index contributed by atoms with van der Waals surface area (Å²) < 4.78 is 5.31. The number of hydrogen-bond donors (Lipinski definition) is 1. The van der Waals surface area contributed by atoms with E-state index in [0.717, 1.165) is 16.8 Å². The third kappa shape index (κ3) is 3.38. The van der Waals surface area contributed by atoms with Crippen molar-refractivity contribution < 1.29 is 14.6 Å². The second kappa shape index (κ2) is 8.13. The molecule has 1 fully saturated rings. The van der Waals surface area contributed by atoms with Crippen molar-refractivity contribution in [2.45, 2.75) is 24.5 Å². The van der Waals surface area contributed by atoms with Gasteiger partial charge in [-0.05, 0) is 41.5 Å². The summed E-state index contributed by atoms with van der Waals surface area (Å²) in [5.74, 6) is 0.821. The molecule has 1 saturated heterocycles. The maximum Gasteiger partial charge on any atom is 0.258 e. The molecule has 158 valence electrons. The van der Waals surface area contributed by atoms with E-state index in [4.69, 9.17) is 4.74 Å². The molecule has 0 saturated carbocycles. The second-order valence-electron chi connectivity index (χ2n) is 8.08. The van der Waals surface area contributed by atoms with E-state index in [1.165, 1.54) is 0 Å². The molecule has 6 heteroatoms. The number of rotatable bonds is 5. The Hall–Kier alpha value is -3.22. The number of pyridine rings is 1. The van der Waals surface area contributed by atoms with Crippen molar-refractivity contribution in [3.05, 3.63) is 89.7 Å². The highest BCUT2D eigenvalue weighted by Gasteiger charge is 2.53. The lowest BCUT2D eigenvalue weighted by Crippen LogP contribution is -2.68. The minimum atomic E-state index is -0.0430. The van der Waals surface area contributed by atoms with Gasteiger partial charge in [0.2, 0.25) is 0 Å². The van der Waals surface area contributed by atoms with E-state index in [1.54, 1.807) is 19.4 Å². The molecule has 0 bridgehead atoms. The number of aliphatic hydroxyl groups excluding tert-OH is 1. The van der Waals surface area contributed by atoms with Gasteiger partial charge in [0.05, 0.1) is 13.7 Å². The molecule has 31 heavy (non-hydrogen) atoms. The Bertz CT molecular complexity index is 1090. The summed E-state index contributed by atoms with van der Waals surface area (Å²) in [4.78, 5) is 21.9. The van der Waals surface area contributed by atoms with Crippen LogP contribution in [-0.4, -0.2) is 53.2 Å². The highest BCUT2D eigenvalue weighted by molar-refractivity contribution is 6.07. The fourth-order valence-corrected chi connectivity index (χ4v) is 5.01. The van der Waals surface area contributed by atoms with Gasteiger partial charge < -0.3 is 14.7 Å². The lowest BCUT2D eigenvalue weighted by atomic mass is 9.71. The summed E-state index contributed by atoms with van der Waals surface area (Å²) in [6.45, 7) is 1.36. The van der Waals surface area contributed by atoms with E-state index >= 15 is 0 Å². The Morgan fingerprint density at radius 1 is 1.16 bits per heavy atom. The van der Waals surface area contributed by atoms with Gasteiger partial charge in [0, 0.05) is 54.7 Å². The summed E-state index contributed by atoms with van der Waals surface area (Å²) in [5.41, 5.74) is 3.75. The summed E-state index contributed by atoms with van der Waals surface area (Å²) in [7, 11) is 1.60. The molecule has 0 aliphatic carbocycles. The Morgan fingerprint density at radius 3 is 2.81 bits per heavy atom. The van der Waals surface area contributed by atoms with Crippen LogP contribution >= 0.6 is 0 Å². The first-order valence-electron chi connectivity index (χ1n) is 10.5. The predicted octanol–water partition coefficient (Wildman–Crippen LogP) is 3.08. The topological polar surface area (TPSA) is 65.9 Å². The second-order valence-corrected chi connectivity index (χ2v) is 8.08. The number of nitrogens with zero attached hydrogens (tertiary/aromatic N) is 3. The van der Waals surface area contributed by atoms with E-state index in [0.29, 0.717) is 24.4 Å². The molecule has 0 spiro atoms. The van der Waals surface area contributed by atoms with Gasteiger partial charge >= 0.3 is 0 Å². The molecular weight excluding hydrogens is 390 g/mol. The van der Waals surface area contributed by atoms with Crippen molar-refractivity contribution in [2.75, 3.05) is 25.2 Å². The molecule has 1 N–H and O–H groups in total. The van der Waals surface area contributed by atoms with E-state index < -0.39 is 0 Å². The van der Waals surface area contributed by atoms with Gasteiger partial charge in [-0.15, -0.1) is 0 Å². The van der Waals surface area contributed by atoms with Crippen LogP contribution in [-0.2, 0) is 6.54 Å². The zero-order valence-corrected chi connectivity index (χ0v) is 17.4. The van der Waals surface area contributed by atoms with Crippen molar-refractivity contribution in [2.24, 2.45) is 0 Å². The molecule has 3 aromatic rings. The van der Waals surface area contributed by atoms with Crippen LogP contribution in [0.15, 0.2) is 73.1 Å². The first-order chi connectivity index (χ1) is 15.2. The van der Waals surface area contributed by atoms with Crippen LogP contribution in [0.4, 0.5) is 5.69 Å². The van der Waals surface area contributed by atoms with E-state index in [-0.39, 0.29) is 30.5 Å². The number of fused-ring (bicyclic) bond motifs is 3. The number of carbonyl (C=O) groups excluding carboxylic acids is 1. The van der Waals surface area contributed by atoms with Gasteiger partial charge in [0.15, 0.2) is 0 Å². The van der Waals surface area contributed by atoms with Gasteiger partial charge in [0.25, 0.3) is 5.91 Å². The van der Waals surface area contributed by atoms with Crippen LogP contribution in [0.3, 0.4) is 0 Å². The number of methoxy groups -OCH3 is 1. The van der Waals surface area contributed by atoms with Crippen LogP contribution in [0.1, 0.15) is 27.4 Å². The molecular formula is C25H25N3O3. The average molecular weight is 415 g/mol. The number of benzene rings is 2. The van der Waals surface area contributed by atoms with Gasteiger partial charge in [0.1, 0.15) is 5.75 Å². The molecule has 0 unspecified atom stereocenters. The monoisotopic (exact) mass is 415 g/mol. The minimum absolute atomic E-state index is 0.0282. The Kier molecular flexibility index (Phi) is 5.18. The number of ether oxygens (including phenoxy) is 1. The zero-order chi connectivity index (χ0) is 21.4. The quantitative estimate of drug-likeness (QED) is 0.694. The predicted molar refractivity (Wildman–Crippen MR) is 118 cm³/mol. The first kappa shape index (κ1) is 19.7. The zero-order valence-electron chi connectivity index (χ0n) is 17.4. The minimum Gasteiger partial charge on any atom is -0.497 e. The molecule has 5 rings (SSSR count). The Morgan fingerprint density at radius 2 is 2.03 bits per heavy atom. The molecule has 3 heterocycles. The highest BCUT2D eigenvalue weighted by Crippen LogP contribution is 2.48. The van der Waals surface area contributed by atoms with Gasteiger partial charge in [-0.25, -0.2) is 0 Å². The van der Waals surface area contributed by atoms with E-state index in [9.17, 15) is 9.90 Å². The molecule has 6 nitrogen and oxygen atoms in total. The number of para-hydroxylation sites is 1. The number of carbonyl (C=O) groups is 1. The van der Waals surface area contributed by atoms with Crippen LogP contribution in [0, 0.1) is 0 Å². The summed E-state index contributed by atoms with van der Waals surface area (Å²) in [5, 5.41) is 10.2. The Labute approximate surface area is 181 Å². The number of amides is 1. The van der Waals surface area contributed by atoms with Gasteiger partial charge in [-0.3, -0.25) is 14.7 Å². The molecule has 1 amide bonds. The molecule has 2 aliphatic heterocycles. The largest absolute Gasteiger partial charge is 0.497 e. The summed E-state index contributed by atoms with van der Waals surface area (Å²) in [6.07, 6.45) is 3.62.